The lowest BCUT2D eigenvalue weighted by atomic mass is 10.1. The van der Waals surface area contributed by atoms with Gasteiger partial charge in [-0.25, -0.2) is 9.37 Å². The molecule has 1 aromatic carbocycles. The number of hydrogen-bond donors (Lipinski definition) is 0. The number of esters is 1. The van der Waals surface area contributed by atoms with Crippen LogP contribution in [0.3, 0.4) is 0 Å². The van der Waals surface area contributed by atoms with Crippen molar-refractivity contribution in [2.75, 3.05) is 32.2 Å². The van der Waals surface area contributed by atoms with Gasteiger partial charge in [0.25, 0.3) is 5.56 Å². The lowest BCUT2D eigenvalue weighted by Gasteiger charge is -2.32. The Hall–Kier alpha value is -2.57. The normalized spacial score (nSPS) is 14.5. The van der Waals surface area contributed by atoms with Crippen LogP contribution >= 0.6 is 27.3 Å². The van der Waals surface area contributed by atoms with Crippen molar-refractivity contribution in [1.82, 2.24) is 14.5 Å². The summed E-state index contributed by atoms with van der Waals surface area (Å²) in [5.41, 5.74) is 0.115. The van der Waals surface area contributed by atoms with Gasteiger partial charge in [0.15, 0.2) is 10.8 Å². The number of thiazole rings is 1. The van der Waals surface area contributed by atoms with Gasteiger partial charge in [0.1, 0.15) is 34.9 Å². The van der Waals surface area contributed by atoms with E-state index in [0.717, 1.165) is 12.8 Å². The highest BCUT2D eigenvalue weighted by Gasteiger charge is 2.25. The van der Waals surface area contributed by atoms with Crippen molar-refractivity contribution in [3.63, 3.8) is 0 Å². The summed E-state index contributed by atoms with van der Waals surface area (Å²) in [7, 11) is 2.81. The zero-order valence-corrected chi connectivity index (χ0v) is 21.2. The van der Waals surface area contributed by atoms with E-state index in [-0.39, 0.29) is 43.0 Å². The van der Waals surface area contributed by atoms with Crippen molar-refractivity contribution in [3.05, 3.63) is 44.7 Å². The highest BCUT2D eigenvalue weighted by atomic mass is 79.9. The maximum Gasteiger partial charge on any atom is 0.305 e. The van der Waals surface area contributed by atoms with E-state index in [1.807, 2.05) is 0 Å². The van der Waals surface area contributed by atoms with Crippen molar-refractivity contribution in [3.8, 4) is 5.75 Å². The molecule has 2 aromatic heterocycles. The molecule has 1 fully saturated rings. The molecule has 182 valence electrons. The van der Waals surface area contributed by atoms with Crippen LogP contribution in [-0.2, 0) is 27.4 Å². The van der Waals surface area contributed by atoms with E-state index in [1.165, 1.54) is 42.3 Å². The number of aryl methyl sites for hydroxylation is 1. The Bertz CT molecular complexity index is 1240. The minimum atomic E-state index is -0.382. The van der Waals surface area contributed by atoms with Crippen molar-refractivity contribution < 1.29 is 23.4 Å². The predicted octanol–water partition coefficient (Wildman–Crippen LogP) is 3.51. The molecular formula is C22H24BrFN4O5S. The summed E-state index contributed by atoms with van der Waals surface area (Å²) in [6, 6.07) is 4.38. The molecule has 0 radical (unpaired) electrons. The molecule has 4 rings (SSSR count). The largest absolute Gasteiger partial charge is 0.489 e. The van der Waals surface area contributed by atoms with E-state index in [9.17, 15) is 14.0 Å². The van der Waals surface area contributed by atoms with Crippen LogP contribution in [0.4, 0.5) is 9.52 Å². The van der Waals surface area contributed by atoms with Gasteiger partial charge in [-0.3, -0.25) is 14.2 Å². The smallest absolute Gasteiger partial charge is 0.305 e. The standard InChI is InChI=1S/C22H24BrFN4O5S/c1-31-12-28-17(5-6-18(29)32-2)25-20-19(21(28)30)34-22(26-20)27-9-7-14(8-10-27)33-16-11-13(24)3-4-15(16)23/h3-4,11,14H,5-10,12H2,1-2H3. The molecule has 34 heavy (non-hydrogen) atoms. The third kappa shape index (κ3) is 5.39. The molecule has 0 unspecified atom stereocenters. The van der Waals surface area contributed by atoms with E-state index >= 15 is 0 Å². The second kappa shape index (κ2) is 10.8. The van der Waals surface area contributed by atoms with Crippen molar-refractivity contribution >= 4 is 48.7 Å². The number of nitrogens with zero attached hydrogens (tertiary/aromatic N) is 4. The summed E-state index contributed by atoms with van der Waals surface area (Å²) < 4.78 is 32.0. The van der Waals surface area contributed by atoms with Crippen molar-refractivity contribution in [1.29, 1.82) is 0 Å². The van der Waals surface area contributed by atoms with Gasteiger partial charge in [-0.2, -0.15) is 4.98 Å². The van der Waals surface area contributed by atoms with Crippen molar-refractivity contribution in [2.24, 2.45) is 0 Å². The SMILES string of the molecule is COCn1c(CCC(=O)OC)nc2nc(N3CCC(Oc4cc(F)ccc4Br)CC3)sc2c1=O. The van der Waals surface area contributed by atoms with Gasteiger partial charge in [-0.15, -0.1) is 0 Å². The van der Waals surface area contributed by atoms with Gasteiger partial charge in [-0.1, -0.05) is 11.3 Å². The molecule has 0 amide bonds. The predicted molar refractivity (Wildman–Crippen MR) is 129 cm³/mol. The van der Waals surface area contributed by atoms with E-state index < -0.39 is 0 Å². The zero-order valence-electron chi connectivity index (χ0n) is 18.8. The quantitative estimate of drug-likeness (QED) is 0.390. The van der Waals surface area contributed by atoms with Gasteiger partial charge < -0.3 is 19.1 Å². The average Bonchev–Trinajstić information content (AvgIpc) is 3.27. The molecule has 0 atom stereocenters. The van der Waals surface area contributed by atoms with Crippen LogP contribution in [-0.4, -0.2) is 53.9 Å². The summed E-state index contributed by atoms with van der Waals surface area (Å²) in [5.74, 6) is 0.186. The summed E-state index contributed by atoms with van der Waals surface area (Å²) in [5, 5.41) is 0.707. The van der Waals surface area contributed by atoms with Crippen LogP contribution in [0, 0.1) is 5.82 Å². The van der Waals surface area contributed by atoms with Gasteiger partial charge in [0.2, 0.25) is 0 Å². The first kappa shape index (κ1) is 24.6. The highest BCUT2D eigenvalue weighted by molar-refractivity contribution is 9.10. The first-order valence-corrected chi connectivity index (χ1v) is 12.3. The number of ether oxygens (including phenoxy) is 3. The maximum absolute atomic E-state index is 13.6. The topological polar surface area (TPSA) is 95.8 Å². The second-order valence-corrected chi connectivity index (χ2v) is 9.62. The Labute approximate surface area is 207 Å². The van der Waals surface area contributed by atoms with E-state index in [2.05, 4.69) is 30.8 Å². The number of fused-ring (bicyclic) bond motifs is 1. The summed E-state index contributed by atoms with van der Waals surface area (Å²) in [6.45, 7) is 1.39. The first-order chi connectivity index (χ1) is 16.4. The molecular weight excluding hydrogens is 531 g/mol. The minimum Gasteiger partial charge on any atom is -0.489 e. The fourth-order valence-corrected chi connectivity index (χ4v) is 5.10. The summed E-state index contributed by atoms with van der Waals surface area (Å²) in [4.78, 5) is 35.9. The number of anilines is 1. The van der Waals surface area contributed by atoms with Crippen LogP contribution in [0.25, 0.3) is 10.3 Å². The third-order valence-electron chi connectivity index (χ3n) is 5.52. The number of aromatic nitrogens is 3. The maximum atomic E-state index is 13.6. The lowest BCUT2D eigenvalue weighted by molar-refractivity contribution is -0.140. The molecule has 1 saturated heterocycles. The third-order valence-corrected chi connectivity index (χ3v) is 7.27. The number of rotatable bonds is 8. The van der Waals surface area contributed by atoms with E-state index in [1.54, 1.807) is 6.07 Å². The summed E-state index contributed by atoms with van der Waals surface area (Å²) in [6.07, 6.45) is 1.75. The minimum absolute atomic E-state index is 0.0316. The fourth-order valence-electron chi connectivity index (χ4n) is 3.75. The Morgan fingerprint density at radius 2 is 2.03 bits per heavy atom. The first-order valence-electron chi connectivity index (χ1n) is 10.7. The number of carbonyl (C=O) groups excluding carboxylic acids is 1. The molecule has 1 aliphatic heterocycles. The van der Waals surface area contributed by atoms with E-state index in [4.69, 9.17) is 14.2 Å². The molecule has 1 aliphatic rings. The summed E-state index contributed by atoms with van der Waals surface area (Å²) >= 11 is 4.69. The number of methoxy groups -OCH3 is 2. The molecule has 3 heterocycles. The van der Waals surface area contributed by atoms with Crippen LogP contribution in [0.15, 0.2) is 27.5 Å². The molecule has 0 N–H and O–H groups in total. The molecule has 3 aromatic rings. The number of halogens is 2. The van der Waals surface area contributed by atoms with Crippen LogP contribution < -0.4 is 15.2 Å². The molecule has 0 bridgehead atoms. The number of hydrogen-bond acceptors (Lipinski definition) is 9. The fraction of sp³-hybridized carbons (Fsp3) is 0.455. The lowest BCUT2D eigenvalue weighted by Crippen LogP contribution is -2.38. The number of piperidine rings is 1. The number of benzene rings is 1. The highest BCUT2D eigenvalue weighted by Crippen LogP contribution is 2.31. The molecule has 0 aliphatic carbocycles. The van der Waals surface area contributed by atoms with E-state index in [0.29, 0.717) is 44.6 Å². The van der Waals surface area contributed by atoms with Crippen LogP contribution in [0.5, 0.6) is 5.75 Å². The monoisotopic (exact) mass is 554 g/mol. The second-order valence-electron chi connectivity index (χ2n) is 7.78. The number of carbonyl (C=O) groups is 1. The van der Waals surface area contributed by atoms with Crippen LogP contribution in [0.2, 0.25) is 0 Å². The Morgan fingerprint density at radius 3 is 2.74 bits per heavy atom. The average molecular weight is 555 g/mol. The molecule has 9 nitrogen and oxygen atoms in total. The van der Waals surface area contributed by atoms with Gasteiger partial charge in [0, 0.05) is 45.5 Å². The van der Waals surface area contributed by atoms with Crippen LogP contribution in [0.1, 0.15) is 25.1 Å². The molecule has 0 spiro atoms. The van der Waals surface area contributed by atoms with Crippen molar-refractivity contribution in [2.45, 2.75) is 38.5 Å². The Kier molecular flexibility index (Phi) is 7.79. The molecule has 12 heteroatoms. The van der Waals surface area contributed by atoms with Gasteiger partial charge in [0.05, 0.1) is 18.0 Å². The Morgan fingerprint density at radius 1 is 1.26 bits per heavy atom. The van der Waals surface area contributed by atoms with Gasteiger partial charge in [-0.05, 0) is 28.1 Å². The zero-order chi connectivity index (χ0) is 24.2. The van der Waals surface area contributed by atoms with Gasteiger partial charge >= 0.3 is 5.97 Å². The Balaban J connectivity index is 1.50. The molecule has 0 saturated carbocycles.